The Balaban J connectivity index is 1.38. The summed E-state index contributed by atoms with van der Waals surface area (Å²) in [6, 6.07) is 8.69. The Bertz CT molecular complexity index is 1300. The van der Waals surface area contributed by atoms with Crippen LogP contribution in [0.3, 0.4) is 0 Å². The maximum Gasteiger partial charge on any atom is 0.426 e. The van der Waals surface area contributed by atoms with Crippen molar-refractivity contribution >= 4 is 0 Å². The second kappa shape index (κ2) is 11.4. The van der Waals surface area contributed by atoms with Crippen LogP contribution in [0.1, 0.15) is 36.8 Å². The van der Waals surface area contributed by atoms with Gasteiger partial charge in [-0.05, 0) is 92.3 Å². The summed E-state index contributed by atoms with van der Waals surface area (Å²) in [6.45, 7) is 3.68. The van der Waals surface area contributed by atoms with Crippen LogP contribution in [0.4, 0.5) is 35.1 Å². The van der Waals surface area contributed by atoms with Gasteiger partial charge in [-0.1, -0.05) is 6.08 Å². The normalized spacial score (nSPS) is 18.2. The number of allylic oxidation sites excluding steroid dienone is 1. The molecule has 3 nitrogen and oxygen atoms in total. The molecule has 0 atom stereocenters. The van der Waals surface area contributed by atoms with E-state index in [1.165, 1.54) is 0 Å². The van der Waals surface area contributed by atoms with E-state index < -0.39 is 58.5 Å². The summed E-state index contributed by atoms with van der Waals surface area (Å²) in [7, 11) is 0. The maximum atomic E-state index is 14.7. The highest BCUT2D eigenvalue weighted by Gasteiger charge is 2.44. The zero-order valence-electron chi connectivity index (χ0n) is 20.9. The van der Waals surface area contributed by atoms with Gasteiger partial charge in [0.1, 0.15) is 17.2 Å². The number of hydrogen-bond donors (Lipinski definition) is 0. The maximum absolute atomic E-state index is 14.7. The molecule has 1 aliphatic rings. The predicted molar refractivity (Wildman–Crippen MR) is 130 cm³/mol. The molecule has 1 aliphatic carbocycles. The third kappa shape index (κ3) is 6.86. The van der Waals surface area contributed by atoms with Gasteiger partial charge in [0.2, 0.25) is 0 Å². The molecule has 0 radical (unpaired) electrons. The van der Waals surface area contributed by atoms with E-state index in [0.29, 0.717) is 25.0 Å². The van der Waals surface area contributed by atoms with Crippen LogP contribution in [-0.2, 0) is 12.2 Å². The largest absolute Gasteiger partial charge is 0.432 e. The highest BCUT2D eigenvalue weighted by Crippen LogP contribution is 2.41. The van der Waals surface area contributed by atoms with Crippen LogP contribution in [0.25, 0.3) is 0 Å². The average molecular weight is 572 g/mol. The summed E-state index contributed by atoms with van der Waals surface area (Å²) in [5.74, 6) is -4.91. The van der Waals surface area contributed by atoms with E-state index >= 15 is 0 Å². The van der Waals surface area contributed by atoms with E-state index in [1.54, 1.807) is 6.08 Å². The topological polar surface area (TPSA) is 27.7 Å². The first kappa shape index (κ1) is 29.2. The van der Waals surface area contributed by atoms with E-state index in [1.807, 2.05) is 0 Å². The van der Waals surface area contributed by atoms with Crippen molar-refractivity contribution in [3.05, 3.63) is 102 Å². The standard InChI is InChI=1S/C29H24F8O3/c1-2-18-3-5-19(6-4-18)27(32,33)38-22-11-7-20(8-12-22)28(34,35)39-23-13-9-21(10-14-23)29(36,37)40-24-15-16-25(30)26(31)17-24/h2,7-19H,1,3-6H2. The average Bonchev–Trinajstić information content (AvgIpc) is 2.91. The third-order valence-electron chi connectivity index (χ3n) is 6.60. The number of rotatable bonds is 10. The van der Waals surface area contributed by atoms with Crippen molar-refractivity contribution in [2.75, 3.05) is 0 Å². The van der Waals surface area contributed by atoms with Crippen molar-refractivity contribution in [1.29, 1.82) is 0 Å². The van der Waals surface area contributed by atoms with Gasteiger partial charge in [-0.25, -0.2) is 8.78 Å². The van der Waals surface area contributed by atoms with Gasteiger partial charge in [0.15, 0.2) is 11.6 Å². The Morgan fingerprint density at radius 3 is 1.52 bits per heavy atom. The molecule has 214 valence electrons. The fourth-order valence-electron chi connectivity index (χ4n) is 4.32. The minimum atomic E-state index is -4.01. The van der Waals surface area contributed by atoms with Crippen LogP contribution in [0.5, 0.6) is 17.2 Å². The number of alkyl halides is 6. The molecule has 0 N–H and O–H groups in total. The van der Waals surface area contributed by atoms with Crippen molar-refractivity contribution in [1.82, 2.24) is 0 Å². The summed E-state index contributed by atoms with van der Waals surface area (Å²) < 4.78 is 128. The zero-order chi connectivity index (χ0) is 29.1. The predicted octanol–water partition coefficient (Wildman–Crippen LogP) is 9.19. The smallest absolute Gasteiger partial charge is 0.426 e. The van der Waals surface area contributed by atoms with Gasteiger partial charge in [0.05, 0.1) is 17.0 Å². The molecule has 0 aromatic heterocycles. The van der Waals surface area contributed by atoms with E-state index in [2.05, 4.69) is 16.1 Å². The molecule has 3 aromatic rings. The lowest BCUT2D eigenvalue weighted by Crippen LogP contribution is -2.37. The van der Waals surface area contributed by atoms with Crippen molar-refractivity contribution < 1.29 is 49.3 Å². The zero-order valence-corrected chi connectivity index (χ0v) is 20.9. The molecule has 1 fully saturated rings. The number of benzene rings is 3. The Labute approximate surface area is 225 Å². The van der Waals surface area contributed by atoms with Gasteiger partial charge >= 0.3 is 18.3 Å². The van der Waals surface area contributed by atoms with Crippen molar-refractivity contribution in [2.24, 2.45) is 11.8 Å². The first-order chi connectivity index (χ1) is 18.8. The molecular formula is C29H24F8O3. The molecule has 0 unspecified atom stereocenters. The summed E-state index contributed by atoms with van der Waals surface area (Å²) in [4.78, 5) is 0. The van der Waals surface area contributed by atoms with Crippen molar-refractivity contribution in [3.63, 3.8) is 0 Å². The van der Waals surface area contributed by atoms with Crippen molar-refractivity contribution in [2.45, 2.75) is 44.0 Å². The molecule has 0 aliphatic heterocycles. The van der Waals surface area contributed by atoms with Gasteiger partial charge < -0.3 is 14.2 Å². The minimum Gasteiger partial charge on any atom is -0.432 e. The number of halogens is 8. The van der Waals surface area contributed by atoms with Crippen LogP contribution < -0.4 is 14.2 Å². The Morgan fingerprint density at radius 2 is 1.05 bits per heavy atom. The number of hydrogen-bond acceptors (Lipinski definition) is 3. The molecule has 1 saturated carbocycles. The van der Waals surface area contributed by atoms with E-state index in [9.17, 15) is 35.1 Å². The quantitative estimate of drug-likeness (QED) is 0.179. The molecule has 0 spiro atoms. The second-order valence-electron chi connectivity index (χ2n) is 9.37. The van der Waals surface area contributed by atoms with Gasteiger partial charge in [0, 0.05) is 6.07 Å². The van der Waals surface area contributed by atoms with Crippen LogP contribution >= 0.6 is 0 Å². The fraction of sp³-hybridized carbons (Fsp3) is 0.310. The molecule has 11 heteroatoms. The molecule has 0 saturated heterocycles. The lowest BCUT2D eigenvalue weighted by molar-refractivity contribution is -0.223. The van der Waals surface area contributed by atoms with Gasteiger partial charge in [-0.2, -0.15) is 26.3 Å². The fourth-order valence-corrected chi connectivity index (χ4v) is 4.32. The summed E-state index contributed by atoms with van der Waals surface area (Å²) >= 11 is 0. The Morgan fingerprint density at radius 1 is 0.600 bits per heavy atom. The first-order valence-corrected chi connectivity index (χ1v) is 12.3. The van der Waals surface area contributed by atoms with Crippen LogP contribution in [0.15, 0.2) is 79.4 Å². The summed E-state index contributed by atoms with van der Waals surface area (Å²) in [6.07, 6.45) is -8.07. The van der Waals surface area contributed by atoms with E-state index in [0.717, 1.165) is 54.6 Å². The Kier molecular flexibility index (Phi) is 8.32. The summed E-state index contributed by atoms with van der Waals surface area (Å²) in [5, 5.41) is 0. The highest BCUT2D eigenvalue weighted by atomic mass is 19.3. The van der Waals surface area contributed by atoms with Crippen LogP contribution in [0, 0.1) is 23.5 Å². The van der Waals surface area contributed by atoms with E-state index in [4.69, 9.17) is 4.74 Å². The molecule has 40 heavy (non-hydrogen) atoms. The molecule has 0 bridgehead atoms. The van der Waals surface area contributed by atoms with Crippen LogP contribution in [-0.4, -0.2) is 6.11 Å². The lowest BCUT2D eigenvalue weighted by Gasteiger charge is -2.32. The third-order valence-corrected chi connectivity index (χ3v) is 6.60. The SMILES string of the molecule is C=CC1CCC(C(F)(F)Oc2ccc(C(F)(F)Oc3ccc(C(F)(F)Oc4ccc(F)c(F)c4)cc3)cc2)CC1. The minimum absolute atomic E-state index is 0.182. The van der Waals surface area contributed by atoms with Crippen molar-refractivity contribution in [3.8, 4) is 17.2 Å². The molecule has 0 amide bonds. The van der Waals surface area contributed by atoms with Gasteiger partial charge in [-0.15, -0.1) is 6.58 Å². The number of ether oxygens (including phenoxy) is 3. The van der Waals surface area contributed by atoms with Gasteiger partial charge in [-0.3, -0.25) is 0 Å². The second-order valence-corrected chi connectivity index (χ2v) is 9.37. The molecule has 4 rings (SSSR count). The van der Waals surface area contributed by atoms with E-state index in [-0.39, 0.29) is 24.5 Å². The van der Waals surface area contributed by atoms with Gasteiger partial charge in [0.25, 0.3) is 0 Å². The molecule has 0 heterocycles. The first-order valence-electron chi connectivity index (χ1n) is 12.3. The molecular weight excluding hydrogens is 548 g/mol. The summed E-state index contributed by atoms with van der Waals surface area (Å²) in [5.41, 5.74) is -1.46. The lowest BCUT2D eigenvalue weighted by atomic mass is 9.81. The Hall–Kier alpha value is -3.76. The monoisotopic (exact) mass is 572 g/mol. The highest BCUT2D eigenvalue weighted by molar-refractivity contribution is 5.33. The molecule has 3 aromatic carbocycles. The van der Waals surface area contributed by atoms with Crippen LogP contribution in [0.2, 0.25) is 0 Å².